The van der Waals surface area contributed by atoms with Crippen LogP contribution < -0.4 is 0 Å². The highest BCUT2D eigenvalue weighted by Crippen LogP contribution is 2.33. The first-order valence-electron chi connectivity index (χ1n) is 8.42. The van der Waals surface area contributed by atoms with Gasteiger partial charge in [-0.2, -0.15) is 0 Å². The Balaban J connectivity index is 1.76. The van der Waals surface area contributed by atoms with Gasteiger partial charge >= 0.3 is 0 Å². The van der Waals surface area contributed by atoms with Crippen molar-refractivity contribution in [2.24, 2.45) is 0 Å². The van der Waals surface area contributed by atoms with Gasteiger partial charge in [0.25, 0.3) is 0 Å². The lowest BCUT2D eigenvalue weighted by molar-refractivity contribution is 0.0953. The third-order valence-corrected chi connectivity index (χ3v) is 4.79. The molecule has 1 aromatic carbocycles. The molecule has 0 radical (unpaired) electrons. The lowest BCUT2D eigenvalue weighted by atomic mass is 9.94. The predicted octanol–water partition coefficient (Wildman–Crippen LogP) is 2.73. The molecule has 2 aromatic heterocycles. The van der Waals surface area contributed by atoms with Crippen LogP contribution in [0, 0.1) is 6.92 Å². The second-order valence-electron chi connectivity index (χ2n) is 6.65. The van der Waals surface area contributed by atoms with E-state index in [1.165, 1.54) is 5.56 Å². The van der Waals surface area contributed by atoms with E-state index in [4.69, 9.17) is 0 Å². The number of benzene rings is 1. The maximum atomic E-state index is 12.5. The van der Waals surface area contributed by atoms with Gasteiger partial charge in [0, 0.05) is 29.7 Å². The molecule has 5 heteroatoms. The Morgan fingerprint density at radius 3 is 2.96 bits per heavy atom. The minimum Gasteiger partial charge on any atom is -0.389 e. The Morgan fingerprint density at radius 2 is 2.17 bits per heavy atom. The lowest BCUT2D eigenvalue weighted by Gasteiger charge is -2.18. The number of carbonyl (C=O) groups excluding carboxylic acids is 1. The number of aliphatic hydroxyl groups excluding tert-OH is 1. The number of hydrogen-bond donors (Lipinski definition) is 1. The summed E-state index contributed by atoms with van der Waals surface area (Å²) in [6, 6.07) is 6.29. The zero-order valence-electron chi connectivity index (χ0n) is 13.8. The first-order valence-corrected chi connectivity index (χ1v) is 8.42. The van der Waals surface area contributed by atoms with Crippen molar-refractivity contribution >= 4 is 16.7 Å². The molecule has 3 aromatic rings. The van der Waals surface area contributed by atoms with Gasteiger partial charge in [-0.15, -0.1) is 0 Å². The van der Waals surface area contributed by atoms with Crippen LogP contribution >= 0.6 is 0 Å². The van der Waals surface area contributed by atoms with Gasteiger partial charge in [-0.05, 0) is 37.5 Å². The van der Waals surface area contributed by atoms with Gasteiger partial charge in [-0.25, -0.2) is 4.98 Å². The van der Waals surface area contributed by atoms with E-state index in [1.807, 2.05) is 15.3 Å². The number of hydrogen-bond acceptors (Lipinski definition) is 3. The van der Waals surface area contributed by atoms with E-state index < -0.39 is 6.10 Å². The Labute approximate surface area is 140 Å². The number of carbonyl (C=O) groups is 1. The van der Waals surface area contributed by atoms with Crippen LogP contribution in [0.2, 0.25) is 0 Å². The maximum Gasteiger partial charge on any atom is 0.179 e. The molecule has 5 nitrogen and oxygen atoms in total. The van der Waals surface area contributed by atoms with Crippen molar-refractivity contribution in [2.75, 3.05) is 0 Å². The molecular formula is C19H21N3O2. The summed E-state index contributed by atoms with van der Waals surface area (Å²) < 4.78 is 3.88. The summed E-state index contributed by atoms with van der Waals surface area (Å²) in [4.78, 5) is 16.5. The number of aliphatic hydroxyl groups is 1. The lowest BCUT2D eigenvalue weighted by Crippen LogP contribution is -2.24. The van der Waals surface area contributed by atoms with Gasteiger partial charge in [0.2, 0.25) is 0 Å². The van der Waals surface area contributed by atoms with E-state index >= 15 is 0 Å². The zero-order valence-corrected chi connectivity index (χ0v) is 13.8. The van der Waals surface area contributed by atoms with Gasteiger partial charge in [0.1, 0.15) is 0 Å². The number of fused-ring (bicyclic) bond motifs is 3. The number of ketones is 1. The molecule has 0 aliphatic heterocycles. The van der Waals surface area contributed by atoms with Gasteiger partial charge < -0.3 is 14.2 Å². The summed E-state index contributed by atoms with van der Waals surface area (Å²) in [6.07, 6.45) is 7.10. The second kappa shape index (κ2) is 5.91. The Kier molecular flexibility index (Phi) is 3.73. The van der Waals surface area contributed by atoms with E-state index in [2.05, 4.69) is 30.1 Å². The maximum absolute atomic E-state index is 12.5. The van der Waals surface area contributed by atoms with Gasteiger partial charge in [0.15, 0.2) is 5.78 Å². The first kappa shape index (κ1) is 15.1. The molecule has 0 saturated carbocycles. The fourth-order valence-corrected chi connectivity index (χ4v) is 3.75. The molecule has 1 aliphatic carbocycles. The fraction of sp³-hybridized carbons (Fsp3) is 0.368. The number of aromatic nitrogens is 3. The van der Waals surface area contributed by atoms with Gasteiger partial charge in [-0.3, -0.25) is 4.79 Å². The van der Waals surface area contributed by atoms with Crippen molar-refractivity contribution in [1.82, 2.24) is 14.1 Å². The SMILES string of the molecule is Cc1ccc2c(c1)c1c(n2CC(O)Cn2ccnc2)C(=O)CCC1. The van der Waals surface area contributed by atoms with Crippen LogP contribution in [0.3, 0.4) is 0 Å². The molecule has 0 amide bonds. The average molecular weight is 323 g/mol. The summed E-state index contributed by atoms with van der Waals surface area (Å²) in [6.45, 7) is 2.95. The van der Waals surface area contributed by atoms with E-state index in [9.17, 15) is 9.90 Å². The fourth-order valence-electron chi connectivity index (χ4n) is 3.75. The van der Waals surface area contributed by atoms with Crippen molar-refractivity contribution in [1.29, 1.82) is 0 Å². The molecule has 1 unspecified atom stereocenters. The summed E-state index contributed by atoms with van der Waals surface area (Å²) in [7, 11) is 0. The number of nitrogens with zero attached hydrogens (tertiary/aromatic N) is 3. The normalized spacial score (nSPS) is 15.7. The quantitative estimate of drug-likeness (QED) is 0.803. The van der Waals surface area contributed by atoms with Crippen molar-refractivity contribution in [3.63, 3.8) is 0 Å². The summed E-state index contributed by atoms with van der Waals surface area (Å²) >= 11 is 0. The van der Waals surface area contributed by atoms with Crippen LogP contribution in [0.1, 0.15) is 34.5 Å². The van der Waals surface area contributed by atoms with Crippen LogP contribution in [0.5, 0.6) is 0 Å². The molecule has 4 rings (SSSR count). The smallest absolute Gasteiger partial charge is 0.179 e. The van der Waals surface area contributed by atoms with Gasteiger partial charge in [0.05, 0.1) is 31.2 Å². The molecular weight excluding hydrogens is 302 g/mol. The minimum absolute atomic E-state index is 0.194. The van der Waals surface area contributed by atoms with Crippen LogP contribution in [0.15, 0.2) is 36.9 Å². The minimum atomic E-state index is -0.574. The third kappa shape index (κ3) is 2.55. The van der Waals surface area contributed by atoms with Crippen molar-refractivity contribution in [3.05, 3.63) is 53.7 Å². The van der Waals surface area contributed by atoms with Crippen molar-refractivity contribution < 1.29 is 9.90 Å². The number of Topliss-reactive ketones (excluding diaryl/α,β-unsaturated/α-hetero) is 1. The monoisotopic (exact) mass is 323 g/mol. The Morgan fingerprint density at radius 1 is 1.29 bits per heavy atom. The highest BCUT2D eigenvalue weighted by atomic mass is 16.3. The van der Waals surface area contributed by atoms with E-state index in [-0.39, 0.29) is 5.78 Å². The van der Waals surface area contributed by atoms with E-state index in [1.54, 1.807) is 12.5 Å². The van der Waals surface area contributed by atoms with Crippen molar-refractivity contribution in [2.45, 2.75) is 45.4 Å². The van der Waals surface area contributed by atoms with Gasteiger partial charge in [-0.1, -0.05) is 11.6 Å². The molecule has 0 saturated heterocycles. The molecule has 1 atom stereocenters. The molecule has 2 heterocycles. The summed E-state index contributed by atoms with van der Waals surface area (Å²) in [5.74, 6) is 0.194. The van der Waals surface area contributed by atoms with Crippen molar-refractivity contribution in [3.8, 4) is 0 Å². The number of imidazole rings is 1. The molecule has 24 heavy (non-hydrogen) atoms. The van der Waals surface area contributed by atoms with Crippen LogP contribution in [-0.2, 0) is 19.5 Å². The third-order valence-electron chi connectivity index (χ3n) is 4.79. The number of aryl methyl sites for hydroxylation is 2. The highest BCUT2D eigenvalue weighted by molar-refractivity contribution is 6.04. The molecule has 0 bridgehead atoms. The second-order valence-corrected chi connectivity index (χ2v) is 6.65. The first-order chi connectivity index (χ1) is 11.6. The molecule has 124 valence electrons. The highest BCUT2D eigenvalue weighted by Gasteiger charge is 2.26. The molecule has 0 spiro atoms. The largest absolute Gasteiger partial charge is 0.389 e. The summed E-state index contributed by atoms with van der Waals surface area (Å²) in [5.41, 5.74) is 4.19. The van der Waals surface area contributed by atoms with E-state index in [0.29, 0.717) is 19.5 Å². The zero-order chi connectivity index (χ0) is 16.7. The van der Waals surface area contributed by atoms with Crippen LogP contribution in [-0.4, -0.2) is 31.1 Å². The molecule has 1 aliphatic rings. The average Bonchev–Trinajstić information content (AvgIpc) is 3.15. The predicted molar refractivity (Wildman–Crippen MR) is 92.2 cm³/mol. The van der Waals surface area contributed by atoms with Crippen LogP contribution in [0.25, 0.3) is 10.9 Å². The standard InChI is InChI=1S/C19H21N3O2/c1-13-5-6-17-16(9-13)15-3-2-4-18(24)19(15)22(17)11-14(23)10-21-8-7-20-12-21/h5-9,12,14,23H,2-4,10-11H2,1H3. The van der Waals surface area contributed by atoms with Crippen LogP contribution in [0.4, 0.5) is 0 Å². The molecule has 1 N–H and O–H groups in total. The Bertz CT molecular complexity index is 893. The Hall–Kier alpha value is -2.40. The number of rotatable bonds is 4. The molecule has 0 fully saturated rings. The topological polar surface area (TPSA) is 60.1 Å². The summed E-state index contributed by atoms with van der Waals surface area (Å²) in [5, 5.41) is 11.7. The van der Waals surface area contributed by atoms with E-state index in [0.717, 1.165) is 35.0 Å².